The van der Waals surface area contributed by atoms with Gasteiger partial charge in [-0.05, 0) is 25.1 Å². The van der Waals surface area contributed by atoms with Crippen LogP contribution in [0.4, 0.5) is 0 Å². The van der Waals surface area contributed by atoms with Gasteiger partial charge in [0.15, 0.2) is 0 Å². The van der Waals surface area contributed by atoms with Crippen molar-refractivity contribution in [2.45, 2.75) is 26.5 Å². The van der Waals surface area contributed by atoms with E-state index in [1.807, 2.05) is 25.2 Å². The van der Waals surface area contributed by atoms with E-state index >= 15 is 0 Å². The van der Waals surface area contributed by atoms with E-state index in [2.05, 4.69) is 28.7 Å². The second kappa shape index (κ2) is 6.52. The van der Waals surface area contributed by atoms with Crippen molar-refractivity contribution in [3.8, 4) is 5.75 Å². The number of aromatic nitrogens is 1. The summed E-state index contributed by atoms with van der Waals surface area (Å²) in [5, 5.41) is 6.18. The Morgan fingerprint density at radius 1 is 1.33 bits per heavy atom. The summed E-state index contributed by atoms with van der Waals surface area (Å²) < 4.78 is 5.83. The van der Waals surface area contributed by atoms with Gasteiger partial charge in [0.1, 0.15) is 17.4 Å². The molecule has 0 atom stereocenters. The average molecular weight is 262 g/mol. The van der Waals surface area contributed by atoms with E-state index in [1.54, 1.807) is 11.3 Å². The van der Waals surface area contributed by atoms with E-state index in [0.717, 1.165) is 29.4 Å². The van der Waals surface area contributed by atoms with Gasteiger partial charge in [0.25, 0.3) is 0 Å². The van der Waals surface area contributed by atoms with Crippen LogP contribution in [0.25, 0.3) is 0 Å². The molecule has 0 saturated heterocycles. The number of para-hydroxylation sites is 1. The van der Waals surface area contributed by atoms with Gasteiger partial charge in [0, 0.05) is 11.9 Å². The standard InChI is InChI=1S/C14H18N2OS/c1-3-11-6-4-5-7-13(11)17-9-14-16-12(8-15-2)10-18-14/h4-7,10,15H,3,8-9H2,1-2H3. The molecule has 0 spiro atoms. The number of aryl methyl sites for hydroxylation is 1. The molecule has 0 amide bonds. The monoisotopic (exact) mass is 262 g/mol. The normalized spacial score (nSPS) is 10.6. The Labute approximate surface area is 112 Å². The van der Waals surface area contributed by atoms with E-state index in [1.165, 1.54) is 5.56 Å². The summed E-state index contributed by atoms with van der Waals surface area (Å²) in [6.07, 6.45) is 0.985. The van der Waals surface area contributed by atoms with E-state index in [-0.39, 0.29) is 0 Å². The van der Waals surface area contributed by atoms with Crippen LogP contribution in [0.5, 0.6) is 5.75 Å². The Morgan fingerprint density at radius 3 is 2.94 bits per heavy atom. The molecule has 0 bridgehead atoms. The van der Waals surface area contributed by atoms with Crippen LogP contribution in [0.15, 0.2) is 29.6 Å². The molecule has 2 aromatic rings. The van der Waals surface area contributed by atoms with Crippen LogP contribution >= 0.6 is 11.3 Å². The number of thiazole rings is 1. The zero-order valence-corrected chi connectivity index (χ0v) is 11.6. The highest BCUT2D eigenvalue weighted by Crippen LogP contribution is 2.20. The SMILES string of the molecule is CCc1ccccc1OCc1nc(CNC)cs1. The average Bonchev–Trinajstić information content (AvgIpc) is 2.85. The molecule has 96 valence electrons. The molecule has 0 aliphatic carbocycles. The first kappa shape index (κ1) is 13.1. The van der Waals surface area contributed by atoms with Crippen LogP contribution < -0.4 is 10.1 Å². The Balaban J connectivity index is 1.97. The van der Waals surface area contributed by atoms with Gasteiger partial charge < -0.3 is 10.1 Å². The van der Waals surface area contributed by atoms with Crippen LogP contribution in [-0.2, 0) is 19.6 Å². The van der Waals surface area contributed by atoms with Gasteiger partial charge in [-0.25, -0.2) is 4.98 Å². The van der Waals surface area contributed by atoms with E-state index < -0.39 is 0 Å². The molecule has 0 saturated carbocycles. The van der Waals surface area contributed by atoms with E-state index in [9.17, 15) is 0 Å². The van der Waals surface area contributed by atoms with Crippen LogP contribution in [-0.4, -0.2) is 12.0 Å². The van der Waals surface area contributed by atoms with Gasteiger partial charge in [0.05, 0.1) is 5.69 Å². The van der Waals surface area contributed by atoms with Crippen LogP contribution in [0.1, 0.15) is 23.2 Å². The maximum absolute atomic E-state index is 5.83. The first-order valence-corrected chi connectivity index (χ1v) is 7.00. The summed E-state index contributed by atoms with van der Waals surface area (Å²) in [5.41, 5.74) is 2.31. The minimum atomic E-state index is 0.547. The zero-order valence-electron chi connectivity index (χ0n) is 10.8. The summed E-state index contributed by atoms with van der Waals surface area (Å²) in [7, 11) is 1.92. The highest BCUT2D eigenvalue weighted by Gasteiger charge is 2.04. The van der Waals surface area contributed by atoms with E-state index in [4.69, 9.17) is 4.74 Å². The molecular weight excluding hydrogens is 244 g/mol. The number of ether oxygens (including phenoxy) is 1. The first-order valence-electron chi connectivity index (χ1n) is 6.12. The van der Waals surface area contributed by atoms with Crippen molar-refractivity contribution < 1.29 is 4.74 Å². The zero-order chi connectivity index (χ0) is 12.8. The molecular formula is C14H18N2OS. The third-order valence-electron chi connectivity index (χ3n) is 2.66. The fourth-order valence-electron chi connectivity index (χ4n) is 1.75. The van der Waals surface area contributed by atoms with Crippen molar-refractivity contribution in [1.29, 1.82) is 0 Å². The number of nitrogens with one attached hydrogen (secondary N) is 1. The maximum Gasteiger partial charge on any atom is 0.140 e. The molecule has 0 radical (unpaired) electrons. The molecule has 0 aliphatic heterocycles. The van der Waals surface area contributed by atoms with E-state index in [0.29, 0.717) is 6.61 Å². The summed E-state index contributed by atoms with van der Waals surface area (Å²) >= 11 is 1.65. The van der Waals surface area contributed by atoms with Crippen molar-refractivity contribution in [3.63, 3.8) is 0 Å². The molecule has 3 nitrogen and oxygen atoms in total. The molecule has 2 rings (SSSR count). The number of hydrogen-bond donors (Lipinski definition) is 1. The fraction of sp³-hybridized carbons (Fsp3) is 0.357. The first-order chi connectivity index (χ1) is 8.83. The second-order valence-electron chi connectivity index (χ2n) is 4.01. The van der Waals surface area contributed by atoms with Crippen molar-refractivity contribution in [3.05, 3.63) is 45.9 Å². The van der Waals surface area contributed by atoms with Gasteiger partial charge in [-0.15, -0.1) is 11.3 Å². The summed E-state index contributed by atoms with van der Waals surface area (Å²) in [6.45, 7) is 3.49. The molecule has 1 aromatic carbocycles. The lowest BCUT2D eigenvalue weighted by molar-refractivity contribution is 0.302. The number of nitrogens with zero attached hydrogens (tertiary/aromatic N) is 1. The molecule has 0 fully saturated rings. The van der Waals surface area contributed by atoms with Crippen molar-refractivity contribution in [2.24, 2.45) is 0 Å². The summed E-state index contributed by atoms with van der Waals surface area (Å²) in [4.78, 5) is 4.50. The van der Waals surface area contributed by atoms with Gasteiger partial charge in [-0.1, -0.05) is 25.1 Å². The summed E-state index contributed by atoms with van der Waals surface area (Å²) in [5.74, 6) is 0.963. The van der Waals surface area contributed by atoms with Gasteiger partial charge >= 0.3 is 0 Å². The van der Waals surface area contributed by atoms with Crippen LogP contribution in [0.2, 0.25) is 0 Å². The minimum Gasteiger partial charge on any atom is -0.486 e. The molecule has 18 heavy (non-hydrogen) atoms. The highest BCUT2D eigenvalue weighted by atomic mass is 32.1. The molecule has 0 aliphatic rings. The fourth-order valence-corrected chi connectivity index (χ4v) is 2.46. The Kier molecular flexibility index (Phi) is 4.73. The predicted molar refractivity (Wildman–Crippen MR) is 75.0 cm³/mol. The Morgan fingerprint density at radius 2 is 2.17 bits per heavy atom. The number of benzene rings is 1. The topological polar surface area (TPSA) is 34.1 Å². The lowest BCUT2D eigenvalue weighted by atomic mass is 10.1. The van der Waals surface area contributed by atoms with Gasteiger partial charge in [0.2, 0.25) is 0 Å². The lowest BCUT2D eigenvalue weighted by Crippen LogP contribution is -2.05. The smallest absolute Gasteiger partial charge is 0.140 e. The number of rotatable bonds is 6. The predicted octanol–water partition coefficient (Wildman–Crippen LogP) is 3.00. The molecule has 1 heterocycles. The van der Waals surface area contributed by atoms with Gasteiger partial charge in [-0.3, -0.25) is 0 Å². The third kappa shape index (κ3) is 3.31. The van der Waals surface area contributed by atoms with Crippen molar-refractivity contribution in [2.75, 3.05) is 7.05 Å². The van der Waals surface area contributed by atoms with Crippen LogP contribution in [0, 0.1) is 0 Å². The maximum atomic E-state index is 5.83. The second-order valence-corrected chi connectivity index (χ2v) is 4.96. The van der Waals surface area contributed by atoms with Crippen LogP contribution in [0.3, 0.4) is 0 Å². The molecule has 4 heteroatoms. The highest BCUT2D eigenvalue weighted by molar-refractivity contribution is 7.09. The number of hydrogen-bond acceptors (Lipinski definition) is 4. The minimum absolute atomic E-state index is 0.547. The quantitative estimate of drug-likeness (QED) is 0.869. The van der Waals surface area contributed by atoms with Crippen molar-refractivity contribution >= 4 is 11.3 Å². The molecule has 1 aromatic heterocycles. The lowest BCUT2D eigenvalue weighted by Gasteiger charge is -2.08. The third-order valence-corrected chi connectivity index (χ3v) is 3.53. The van der Waals surface area contributed by atoms with Gasteiger partial charge in [-0.2, -0.15) is 0 Å². The Hall–Kier alpha value is -1.39. The molecule has 1 N–H and O–H groups in total. The Bertz CT molecular complexity index is 496. The molecule has 0 unspecified atom stereocenters. The summed E-state index contributed by atoms with van der Waals surface area (Å²) in [6, 6.07) is 8.16. The largest absolute Gasteiger partial charge is 0.486 e. The van der Waals surface area contributed by atoms with Crippen molar-refractivity contribution in [1.82, 2.24) is 10.3 Å².